The number of allylic oxidation sites excluding steroid dienone is 1. The molecule has 3 aromatic rings. The van der Waals surface area contributed by atoms with Crippen LogP contribution >= 0.6 is 15.9 Å². The van der Waals surface area contributed by atoms with Crippen molar-refractivity contribution in [2.45, 2.75) is 0 Å². The molecule has 0 amide bonds. The lowest BCUT2D eigenvalue weighted by molar-refractivity contribution is 1.12. The highest BCUT2D eigenvalue weighted by Gasteiger charge is 2.07. The summed E-state index contributed by atoms with van der Waals surface area (Å²) in [4.78, 5) is 2.05. The molecule has 0 unspecified atom stereocenters. The molecule has 0 fully saturated rings. The van der Waals surface area contributed by atoms with Crippen molar-refractivity contribution in [3.8, 4) is 6.07 Å². The number of fused-ring (bicyclic) bond motifs is 1. The van der Waals surface area contributed by atoms with Crippen molar-refractivity contribution in [2.24, 2.45) is 0 Å². The first-order chi connectivity index (χ1) is 11.6. The molecule has 0 N–H and O–H groups in total. The molecule has 118 valence electrons. The molecule has 2 nitrogen and oxygen atoms in total. The second-order valence-electron chi connectivity index (χ2n) is 5.80. The van der Waals surface area contributed by atoms with Crippen LogP contribution < -0.4 is 4.90 Å². The van der Waals surface area contributed by atoms with Crippen LogP contribution in [0.3, 0.4) is 0 Å². The molecule has 0 atom stereocenters. The predicted octanol–water partition coefficient (Wildman–Crippen LogP) is 5.73. The minimum Gasteiger partial charge on any atom is -0.377 e. The molecule has 0 aliphatic rings. The first-order valence-corrected chi connectivity index (χ1v) is 8.46. The Morgan fingerprint density at radius 1 is 1.04 bits per heavy atom. The summed E-state index contributed by atoms with van der Waals surface area (Å²) >= 11 is 3.60. The van der Waals surface area contributed by atoms with Gasteiger partial charge in [0.2, 0.25) is 0 Å². The fraction of sp³-hybridized carbons (Fsp3) is 0.0952. The van der Waals surface area contributed by atoms with E-state index in [2.05, 4.69) is 40.2 Å². The van der Waals surface area contributed by atoms with Crippen LogP contribution in [0.25, 0.3) is 22.4 Å². The maximum atomic E-state index is 9.67. The molecule has 0 saturated carbocycles. The summed E-state index contributed by atoms with van der Waals surface area (Å²) in [5.41, 5.74) is 3.73. The van der Waals surface area contributed by atoms with Crippen LogP contribution in [0.1, 0.15) is 11.1 Å². The van der Waals surface area contributed by atoms with E-state index >= 15 is 0 Å². The summed E-state index contributed by atoms with van der Waals surface area (Å²) in [6.45, 7) is 0. The van der Waals surface area contributed by atoms with E-state index in [1.54, 1.807) is 0 Å². The van der Waals surface area contributed by atoms with E-state index in [-0.39, 0.29) is 0 Å². The fourth-order valence-electron chi connectivity index (χ4n) is 2.77. The highest BCUT2D eigenvalue weighted by molar-refractivity contribution is 9.10. The molecule has 3 heteroatoms. The fourth-order valence-corrected chi connectivity index (χ4v) is 3.52. The quantitative estimate of drug-likeness (QED) is 0.430. The van der Waals surface area contributed by atoms with Gasteiger partial charge in [-0.25, -0.2) is 0 Å². The van der Waals surface area contributed by atoms with Crippen LogP contribution in [0.2, 0.25) is 0 Å². The zero-order chi connectivity index (χ0) is 17.1. The Labute approximate surface area is 150 Å². The molecule has 3 aromatic carbocycles. The largest absolute Gasteiger partial charge is 0.377 e. The van der Waals surface area contributed by atoms with Crippen LogP contribution in [-0.4, -0.2) is 14.1 Å². The molecule has 0 radical (unpaired) electrons. The van der Waals surface area contributed by atoms with Gasteiger partial charge in [-0.3, -0.25) is 0 Å². The Bertz CT molecular complexity index is 960. The van der Waals surface area contributed by atoms with Gasteiger partial charge in [0.05, 0.1) is 17.3 Å². The van der Waals surface area contributed by atoms with Crippen LogP contribution in [0.4, 0.5) is 5.69 Å². The lowest BCUT2D eigenvalue weighted by Crippen LogP contribution is -2.09. The summed E-state index contributed by atoms with van der Waals surface area (Å²) in [6.07, 6.45) is 1.94. The van der Waals surface area contributed by atoms with E-state index in [4.69, 9.17) is 0 Å². The van der Waals surface area contributed by atoms with Crippen LogP contribution in [0, 0.1) is 11.3 Å². The Hall–Kier alpha value is -2.57. The SMILES string of the molecule is CN(C)c1ccc(/C=C(\C#N)c2cccc3ccccc23)cc1Br. The van der Waals surface area contributed by atoms with Gasteiger partial charge >= 0.3 is 0 Å². The average molecular weight is 377 g/mol. The van der Waals surface area contributed by atoms with Crippen molar-refractivity contribution >= 4 is 44.0 Å². The smallest absolute Gasteiger partial charge is 0.0998 e. The van der Waals surface area contributed by atoms with Crippen molar-refractivity contribution < 1.29 is 0 Å². The Morgan fingerprint density at radius 2 is 1.79 bits per heavy atom. The van der Waals surface area contributed by atoms with Crippen LogP contribution in [0.15, 0.2) is 65.1 Å². The highest BCUT2D eigenvalue weighted by atomic mass is 79.9. The second kappa shape index (κ2) is 6.90. The lowest BCUT2D eigenvalue weighted by Gasteiger charge is -2.14. The summed E-state index contributed by atoms with van der Waals surface area (Å²) in [7, 11) is 4.01. The number of nitrogens with zero attached hydrogens (tertiary/aromatic N) is 2. The van der Waals surface area contributed by atoms with Crippen molar-refractivity contribution in [2.75, 3.05) is 19.0 Å². The molecule has 0 saturated heterocycles. The maximum Gasteiger partial charge on any atom is 0.0998 e. The third-order valence-electron chi connectivity index (χ3n) is 3.96. The first-order valence-electron chi connectivity index (χ1n) is 7.67. The van der Waals surface area contributed by atoms with E-state index < -0.39 is 0 Å². The standard InChI is InChI=1S/C21H17BrN2/c1-24(2)21-11-10-15(13-20(21)22)12-17(14-23)19-9-5-7-16-6-3-4-8-18(16)19/h3-13H,1-2H3/b17-12+. The van der Waals surface area contributed by atoms with Gasteiger partial charge in [-0.1, -0.05) is 48.5 Å². The van der Waals surface area contributed by atoms with Gasteiger partial charge in [-0.2, -0.15) is 5.26 Å². The van der Waals surface area contributed by atoms with E-state index in [0.717, 1.165) is 32.1 Å². The molecule has 0 aliphatic carbocycles. The second-order valence-corrected chi connectivity index (χ2v) is 6.66. The van der Waals surface area contributed by atoms with Gasteiger partial charge in [-0.15, -0.1) is 0 Å². The summed E-state index contributed by atoms with van der Waals surface area (Å²) in [5.74, 6) is 0. The Morgan fingerprint density at radius 3 is 2.50 bits per heavy atom. The van der Waals surface area contributed by atoms with E-state index in [1.165, 1.54) is 0 Å². The van der Waals surface area contributed by atoms with E-state index in [9.17, 15) is 5.26 Å². The molecule has 0 heterocycles. The summed E-state index contributed by atoms with van der Waals surface area (Å²) < 4.78 is 1.01. The number of hydrogen-bond donors (Lipinski definition) is 0. The Kier molecular flexibility index (Phi) is 4.69. The normalized spacial score (nSPS) is 11.3. The molecule has 0 aliphatic heterocycles. The van der Waals surface area contributed by atoms with Gasteiger partial charge in [0.1, 0.15) is 0 Å². The van der Waals surface area contributed by atoms with Gasteiger partial charge in [-0.05, 0) is 50.5 Å². The number of hydrogen-bond acceptors (Lipinski definition) is 2. The van der Waals surface area contributed by atoms with Crippen LogP contribution in [0.5, 0.6) is 0 Å². The lowest BCUT2D eigenvalue weighted by atomic mass is 9.97. The maximum absolute atomic E-state index is 9.67. The topological polar surface area (TPSA) is 27.0 Å². The predicted molar refractivity (Wildman–Crippen MR) is 106 cm³/mol. The number of rotatable bonds is 3. The van der Waals surface area contributed by atoms with Crippen LogP contribution in [-0.2, 0) is 0 Å². The van der Waals surface area contributed by atoms with Crippen molar-refractivity contribution in [1.29, 1.82) is 5.26 Å². The van der Waals surface area contributed by atoms with Gasteiger partial charge in [0.25, 0.3) is 0 Å². The van der Waals surface area contributed by atoms with Gasteiger partial charge in [0, 0.05) is 24.1 Å². The third-order valence-corrected chi connectivity index (χ3v) is 4.60. The number of benzene rings is 3. The monoisotopic (exact) mass is 376 g/mol. The third kappa shape index (κ3) is 3.20. The van der Waals surface area contributed by atoms with Gasteiger partial charge < -0.3 is 4.90 Å². The molecule has 24 heavy (non-hydrogen) atoms. The zero-order valence-electron chi connectivity index (χ0n) is 13.6. The van der Waals surface area contributed by atoms with Gasteiger partial charge in [0.15, 0.2) is 0 Å². The molecule has 3 rings (SSSR count). The molecular weight excluding hydrogens is 360 g/mol. The van der Waals surface area contributed by atoms with E-state index in [1.807, 2.05) is 67.5 Å². The molecule has 0 aromatic heterocycles. The van der Waals surface area contributed by atoms with Crippen molar-refractivity contribution in [3.63, 3.8) is 0 Å². The zero-order valence-corrected chi connectivity index (χ0v) is 15.2. The molecular formula is C21H17BrN2. The van der Waals surface area contributed by atoms with Crippen molar-refractivity contribution in [3.05, 3.63) is 76.3 Å². The van der Waals surface area contributed by atoms with E-state index in [0.29, 0.717) is 5.57 Å². The molecule has 0 spiro atoms. The average Bonchev–Trinajstić information content (AvgIpc) is 2.59. The first kappa shape index (κ1) is 16.3. The number of halogens is 1. The molecule has 0 bridgehead atoms. The minimum absolute atomic E-state index is 0.663. The summed E-state index contributed by atoms with van der Waals surface area (Å²) in [5, 5.41) is 11.9. The van der Waals surface area contributed by atoms with Crippen molar-refractivity contribution in [1.82, 2.24) is 0 Å². The summed E-state index contributed by atoms with van der Waals surface area (Å²) in [6, 6.07) is 22.7. The number of nitriles is 1. The Balaban J connectivity index is 2.10. The number of anilines is 1. The minimum atomic E-state index is 0.663. The highest BCUT2D eigenvalue weighted by Crippen LogP contribution is 2.29.